The first-order valence-electron chi connectivity index (χ1n) is 7.46. The van der Waals surface area contributed by atoms with Crippen LogP contribution >= 0.6 is 0 Å². The lowest BCUT2D eigenvalue weighted by atomic mass is 10.1. The molecule has 0 saturated heterocycles. The average molecular weight is 318 g/mol. The number of hydrogen-bond donors (Lipinski definition) is 1. The van der Waals surface area contributed by atoms with Gasteiger partial charge >= 0.3 is 0 Å². The Bertz CT molecular complexity index is 858. The lowest BCUT2D eigenvalue weighted by molar-refractivity contribution is 0.102. The molecule has 2 aromatic carbocycles. The number of pyridine rings is 1. The average Bonchev–Trinajstić information content (AvgIpc) is 2.62. The molecule has 1 heterocycles. The summed E-state index contributed by atoms with van der Waals surface area (Å²) in [6.45, 7) is 0. The van der Waals surface area contributed by atoms with Crippen molar-refractivity contribution in [1.82, 2.24) is 4.98 Å². The van der Waals surface area contributed by atoms with Crippen molar-refractivity contribution in [1.29, 1.82) is 0 Å². The van der Waals surface area contributed by atoms with E-state index in [4.69, 9.17) is 0 Å². The van der Waals surface area contributed by atoms with Crippen molar-refractivity contribution < 1.29 is 9.18 Å². The number of nitrogens with zero attached hydrogens (tertiary/aromatic N) is 1. The number of rotatable bonds is 4. The first-order valence-corrected chi connectivity index (χ1v) is 7.46. The van der Waals surface area contributed by atoms with Crippen LogP contribution in [0.25, 0.3) is 12.2 Å². The highest BCUT2D eigenvalue weighted by Gasteiger charge is 2.06. The van der Waals surface area contributed by atoms with Crippen molar-refractivity contribution >= 4 is 23.7 Å². The maximum Gasteiger partial charge on any atom is 0.255 e. The molecule has 0 saturated carbocycles. The molecule has 3 aromatic rings. The van der Waals surface area contributed by atoms with Crippen molar-refractivity contribution in [3.8, 4) is 0 Å². The van der Waals surface area contributed by atoms with E-state index in [0.29, 0.717) is 11.3 Å². The summed E-state index contributed by atoms with van der Waals surface area (Å²) in [5.41, 5.74) is 3.10. The van der Waals surface area contributed by atoms with Crippen LogP contribution in [0.4, 0.5) is 10.1 Å². The number of nitrogens with one attached hydrogen (secondary N) is 1. The molecule has 4 heteroatoms. The molecule has 0 fully saturated rings. The van der Waals surface area contributed by atoms with Crippen LogP contribution in [-0.2, 0) is 0 Å². The Hall–Kier alpha value is -3.27. The molecule has 24 heavy (non-hydrogen) atoms. The number of aromatic nitrogens is 1. The van der Waals surface area contributed by atoms with E-state index in [1.807, 2.05) is 48.6 Å². The van der Waals surface area contributed by atoms with Gasteiger partial charge in [0.25, 0.3) is 5.91 Å². The van der Waals surface area contributed by atoms with Gasteiger partial charge in [0.1, 0.15) is 5.82 Å². The zero-order valence-corrected chi connectivity index (χ0v) is 12.8. The second-order valence-corrected chi connectivity index (χ2v) is 5.20. The summed E-state index contributed by atoms with van der Waals surface area (Å²) in [6.07, 6.45) is 7.41. The topological polar surface area (TPSA) is 42.0 Å². The number of benzene rings is 2. The second kappa shape index (κ2) is 7.33. The van der Waals surface area contributed by atoms with Crippen molar-refractivity contribution in [2.75, 3.05) is 5.32 Å². The third-order valence-electron chi connectivity index (χ3n) is 3.43. The lowest BCUT2D eigenvalue weighted by Gasteiger charge is -2.06. The summed E-state index contributed by atoms with van der Waals surface area (Å²) in [7, 11) is 0. The molecule has 0 spiro atoms. The van der Waals surface area contributed by atoms with Gasteiger partial charge in [-0.1, -0.05) is 24.3 Å². The molecule has 0 radical (unpaired) electrons. The number of anilines is 1. The van der Waals surface area contributed by atoms with Gasteiger partial charge in [-0.3, -0.25) is 9.78 Å². The Kier molecular flexibility index (Phi) is 4.77. The molecule has 1 aromatic heterocycles. The van der Waals surface area contributed by atoms with Crippen molar-refractivity contribution in [2.24, 2.45) is 0 Å². The molecule has 3 rings (SSSR count). The molecular formula is C20H15FN2O. The fraction of sp³-hybridized carbons (Fsp3) is 0. The molecule has 0 aliphatic rings. The number of amides is 1. The van der Waals surface area contributed by atoms with E-state index in [1.54, 1.807) is 12.4 Å². The lowest BCUT2D eigenvalue weighted by Crippen LogP contribution is -2.11. The van der Waals surface area contributed by atoms with Crippen molar-refractivity contribution in [3.05, 3.63) is 95.6 Å². The Morgan fingerprint density at radius 3 is 2.38 bits per heavy atom. The summed E-state index contributed by atoms with van der Waals surface area (Å²) in [6, 6.07) is 16.8. The van der Waals surface area contributed by atoms with Crippen molar-refractivity contribution in [2.45, 2.75) is 0 Å². The zero-order chi connectivity index (χ0) is 16.8. The fourth-order valence-corrected chi connectivity index (χ4v) is 2.19. The summed E-state index contributed by atoms with van der Waals surface area (Å²) >= 11 is 0. The number of hydrogen-bond acceptors (Lipinski definition) is 2. The van der Waals surface area contributed by atoms with E-state index in [9.17, 15) is 9.18 Å². The van der Waals surface area contributed by atoms with Crippen LogP contribution in [0.2, 0.25) is 0 Å². The molecule has 1 N–H and O–H groups in total. The second-order valence-electron chi connectivity index (χ2n) is 5.20. The standard InChI is InChI=1S/C20H15FN2O/c21-18-8-6-17(7-9-18)20(24)23-19-3-1-2-16(14-19)5-4-15-10-12-22-13-11-15/h1-14H,(H,23,24)/b5-4+. The van der Waals surface area contributed by atoms with Gasteiger partial charge in [0.15, 0.2) is 0 Å². The molecule has 0 bridgehead atoms. The van der Waals surface area contributed by atoms with Gasteiger partial charge in [-0.05, 0) is 59.7 Å². The van der Waals surface area contributed by atoms with Crippen LogP contribution < -0.4 is 5.32 Å². The third-order valence-corrected chi connectivity index (χ3v) is 3.43. The Morgan fingerprint density at radius 2 is 1.62 bits per heavy atom. The smallest absolute Gasteiger partial charge is 0.255 e. The number of carbonyl (C=O) groups is 1. The van der Waals surface area contributed by atoms with Gasteiger partial charge in [-0.15, -0.1) is 0 Å². The van der Waals surface area contributed by atoms with Gasteiger partial charge in [-0.25, -0.2) is 4.39 Å². The van der Waals surface area contributed by atoms with Crippen LogP contribution in [-0.4, -0.2) is 10.9 Å². The molecule has 0 aliphatic heterocycles. The highest BCUT2D eigenvalue weighted by atomic mass is 19.1. The normalized spacial score (nSPS) is 10.7. The molecule has 3 nitrogen and oxygen atoms in total. The minimum Gasteiger partial charge on any atom is -0.322 e. The maximum absolute atomic E-state index is 12.9. The van der Waals surface area contributed by atoms with Gasteiger partial charge in [0.2, 0.25) is 0 Å². The largest absolute Gasteiger partial charge is 0.322 e. The maximum atomic E-state index is 12.9. The minimum atomic E-state index is -0.366. The molecule has 118 valence electrons. The first kappa shape index (κ1) is 15.6. The monoisotopic (exact) mass is 318 g/mol. The van der Waals surface area contributed by atoms with Crippen molar-refractivity contribution in [3.63, 3.8) is 0 Å². The van der Waals surface area contributed by atoms with E-state index < -0.39 is 0 Å². The van der Waals surface area contributed by atoms with E-state index in [1.165, 1.54) is 24.3 Å². The summed E-state index contributed by atoms with van der Waals surface area (Å²) < 4.78 is 12.9. The van der Waals surface area contributed by atoms with E-state index in [0.717, 1.165) is 11.1 Å². The van der Waals surface area contributed by atoms with Gasteiger partial charge in [-0.2, -0.15) is 0 Å². The minimum absolute atomic E-state index is 0.273. The number of carbonyl (C=O) groups excluding carboxylic acids is 1. The van der Waals surface area contributed by atoms with Gasteiger partial charge in [0, 0.05) is 23.6 Å². The van der Waals surface area contributed by atoms with Crippen LogP contribution in [0.3, 0.4) is 0 Å². The van der Waals surface area contributed by atoms with E-state index in [2.05, 4.69) is 10.3 Å². The first-order chi connectivity index (χ1) is 11.7. The highest BCUT2D eigenvalue weighted by Crippen LogP contribution is 2.15. The molecule has 0 atom stereocenters. The predicted octanol–water partition coefficient (Wildman–Crippen LogP) is 4.64. The molecular weight excluding hydrogens is 303 g/mol. The van der Waals surface area contributed by atoms with E-state index >= 15 is 0 Å². The van der Waals surface area contributed by atoms with E-state index in [-0.39, 0.29) is 11.7 Å². The third kappa shape index (κ3) is 4.14. The predicted molar refractivity (Wildman–Crippen MR) is 94.0 cm³/mol. The fourth-order valence-electron chi connectivity index (χ4n) is 2.19. The zero-order valence-electron chi connectivity index (χ0n) is 12.8. The molecule has 0 unspecified atom stereocenters. The Morgan fingerprint density at radius 1 is 0.917 bits per heavy atom. The van der Waals surface area contributed by atoms with Crippen LogP contribution in [0.15, 0.2) is 73.1 Å². The summed E-state index contributed by atoms with van der Waals surface area (Å²) in [5.74, 6) is -0.639. The van der Waals surface area contributed by atoms with Crippen LogP contribution in [0.5, 0.6) is 0 Å². The van der Waals surface area contributed by atoms with Gasteiger partial charge < -0.3 is 5.32 Å². The summed E-state index contributed by atoms with van der Waals surface area (Å²) in [5, 5.41) is 2.81. The van der Waals surface area contributed by atoms with Gasteiger partial charge in [0.05, 0.1) is 0 Å². The highest BCUT2D eigenvalue weighted by molar-refractivity contribution is 6.04. The molecule has 0 aliphatic carbocycles. The summed E-state index contributed by atoms with van der Waals surface area (Å²) in [4.78, 5) is 16.1. The molecule has 1 amide bonds. The Labute approximate surface area is 139 Å². The Balaban J connectivity index is 1.72. The van der Waals surface area contributed by atoms with Crippen LogP contribution in [0, 0.1) is 5.82 Å². The SMILES string of the molecule is O=C(Nc1cccc(/C=C/c2ccncc2)c1)c1ccc(F)cc1. The van der Waals surface area contributed by atoms with Crippen LogP contribution in [0.1, 0.15) is 21.5 Å². The quantitative estimate of drug-likeness (QED) is 0.761. The number of halogens is 1.